The second-order valence-electron chi connectivity index (χ2n) is 5.45. The predicted molar refractivity (Wildman–Crippen MR) is 101 cm³/mol. The molecule has 0 amide bonds. The Hall–Kier alpha value is -4.00. The Bertz CT molecular complexity index is 924. The molecule has 1 rings (SSSR count). The topological polar surface area (TPSA) is 148 Å². The van der Waals surface area contributed by atoms with Gasteiger partial charge in [-0.1, -0.05) is 6.08 Å². The zero-order valence-corrected chi connectivity index (χ0v) is 15.5. The van der Waals surface area contributed by atoms with Gasteiger partial charge in [0.25, 0.3) is 11.4 Å². The number of hydrogen-bond donors (Lipinski definition) is 1. The monoisotopic (exact) mass is 386 g/mol. The predicted octanol–water partition coefficient (Wildman–Crippen LogP) is 3.78. The number of esters is 1. The highest BCUT2D eigenvalue weighted by Crippen LogP contribution is 2.29. The molecule has 0 aromatic heterocycles. The van der Waals surface area contributed by atoms with Crippen molar-refractivity contribution in [1.82, 2.24) is 0 Å². The fraction of sp³-hybridized carbons (Fsp3) is 0.222. The molecule has 0 saturated heterocycles. The van der Waals surface area contributed by atoms with Crippen LogP contribution < -0.4 is 5.32 Å². The fourth-order valence-corrected chi connectivity index (χ4v) is 1.91. The lowest BCUT2D eigenvalue weighted by atomic mass is 10.1. The van der Waals surface area contributed by atoms with Crippen LogP contribution in [0.15, 0.2) is 53.3 Å². The normalized spacial score (nSPS) is 12.1. The zero-order chi connectivity index (χ0) is 21.3. The van der Waals surface area contributed by atoms with Gasteiger partial charge in [-0.25, -0.2) is 4.79 Å². The summed E-state index contributed by atoms with van der Waals surface area (Å²) in [5.41, 5.74) is 0.436. The Kier molecular flexibility index (Phi) is 8.05. The van der Waals surface area contributed by atoms with E-state index >= 15 is 0 Å². The van der Waals surface area contributed by atoms with Crippen molar-refractivity contribution in [2.75, 3.05) is 11.9 Å². The van der Waals surface area contributed by atoms with Crippen LogP contribution in [0.4, 0.5) is 17.1 Å². The standard InChI is InChI=1S/C18H18N4O6/c1-4-28-18(23)14(10-19)6-5-12(2)13(3)11-20-16-8-7-15(21(24)25)9-17(16)22(26)27/h5-9,11,20H,4H2,1-3H3/b12-5-,13-11-,14-6-. The second kappa shape index (κ2) is 10.2. The number of rotatable bonds is 8. The first-order chi connectivity index (χ1) is 13.2. The molecule has 0 aliphatic carbocycles. The number of nitrogens with one attached hydrogen (secondary N) is 1. The molecule has 0 saturated carbocycles. The molecule has 1 aromatic rings. The minimum atomic E-state index is -0.727. The minimum Gasteiger partial charge on any atom is -0.462 e. The van der Waals surface area contributed by atoms with Gasteiger partial charge in [-0.05, 0) is 44.1 Å². The maximum atomic E-state index is 11.6. The minimum absolute atomic E-state index is 0.0857. The van der Waals surface area contributed by atoms with Crippen molar-refractivity contribution < 1.29 is 19.4 Å². The van der Waals surface area contributed by atoms with E-state index in [-0.39, 0.29) is 23.6 Å². The van der Waals surface area contributed by atoms with Crippen LogP contribution in [0.3, 0.4) is 0 Å². The van der Waals surface area contributed by atoms with E-state index in [1.54, 1.807) is 26.8 Å². The molecule has 146 valence electrons. The summed E-state index contributed by atoms with van der Waals surface area (Å²) in [5.74, 6) is -0.727. The van der Waals surface area contributed by atoms with E-state index in [0.717, 1.165) is 12.1 Å². The number of ether oxygens (including phenoxy) is 1. The SMILES string of the molecule is CCOC(=O)\C(C#N)=C/C=C(C)\C(C)=C/Nc1ccc([N+](=O)[O-])cc1[N+](=O)[O-]. The van der Waals surface area contributed by atoms with Gasteiger partial charge in [-0.15, -0.1) is 0 Å². The molecule has 28 heavy (non-hydrogen) atoms. The summed E-state index contributed by atoms with van der Waals surface area (Å²) in [7, 11) is 0. The first-order valence-electron chi connectivity index (χ1n) is 8.03. The number of nitriles is 1. The van der Waals surface area contributed by atoms with E-state index in [9.17, 15) is 25.0 Å². The lowest BCUT2D eigenvalue weighted by Crippen LogP contribution is -2.05. The number of benzene rings is 1. The largest absolute Gasteiger partial charge is 0.462 e. The first kappa shape index (κ1) is 22.0. The van der Waals surface area contributed by atoms with Crippen LogP contribution in [-0.2, 0) is 9.53 Å². The number of nitro benzene ring substituents is 2. The number of nitrogens with zero attached hydrogens (tertiary/aromatic N) is 3. The summed E-state index contributed by atoms with van der Waals surface area (Å²) in [6, 6.07) is 5.02. The second-order valence-corrected chi connectivity index (χ2v) is 5.45. The smallest absolute Gasteiger partial charge is 0.348 e. The molecule has 1 aromatic carbocycles. The molecule has 10 heteroatoms. The number of non-ortho nitro benzene ring substituents is 1. The zero-order valence-electron chi connectivity index (χ0n) is 15.5. The average molecular weight is 386 g/mol. The quantitative estimate of drug-likeness (QED) is 0.177. The number of allylic oxidation sites excluding steroid dienone is 4. The van der Waals surface area contributed by atoms with Crippen molar-refractivity contribution in [2.45, 2.75) is 20.8 Å². The van der Waals surface area contributed by atoms with E-state index in [4.69, 9.17) is 10.00 Å². The third kappa shape index (κ3) is 6.06. The molecule has 0 spiro atoms. The number of nitro groups is 2. The molecule has 0 heterocycles. The van der Waals surface area contributed by atoms with Gasteiger partial charge in [0.05, 0.1) is 22.5 Å². The average Bonchev–Trinajstić information content (AvgIpc) is 2.66. The lowest BCUT2D eigenvalue weighted by molar-refractivity contribution is -0.393. The van der Waals surface area contributed by atoms with Gasteiger partial charge in [-0.3, -0.25) is 20.2 Å². The third-order valence-corrected chi connectivity index (χ3v) is 3.57. The maximum Gasteiger partial charge on any atom is 0.348 e. The number of carbonyl (C=O) groups is 1. The Morgan fingerprint density at radius 3 is 2.43 bits per heavy atom. The van der Waals surface area contributed by atoms with Gasteiger partial charge in [0.2, 0.25) is 0 Å². The summed E-state index contributed by atoms with van der Waals surface area (Å²) >= 11 is 0. The highest BCUT2D eigenvalue weighted by molar-refractivity contribution is 5.93. The molecule has 0 bridgehead atoms. The number of carbonyl (C=O) groups excluding carboxylic acids is 1. The van der Waals surface area contributed by atoms with Gasteiger partial charge in [0, 0.05) is 12.3 Å². The summed E-state index contributed by atoms with van der Waals surface area (Å²) in [4.78, 5) is 32.0. The summed E-state index contributed by atoms with van der Waals surface area (Å²) in [5, 5.41) is 33.6. The molecule has 0 aliphatic heterocycles. The molecule has 10 nitrogen and oxygen atoms in total. The van der Waals surface area contributed by atoms with E-state index < -0.39 is 21.5 Å². The van der Waals surface area contributed by atoms with Crippen LogP contribution in [0.25, 0.3) is 0 Å². The highest BCUT2D eigenvalue weighted by Gasteiger charge is 2.18. The Balaban J connectivity index is 3.06. The molecule has 0 radical (unpaired) electrons. The molecule has 1 N–H and O–H groups in total. The Morgan fingerprint density at radius 1 is 1.21 bits per heavy atom. The third-order valence-electron chi connectivity index (χ3n) is 3.57. The van der Waals surface area contributed by atoms with Crippen molar-refractivity contribution in [3.63, 3.8) is 0 Å². The fourth-order valence-electron chi connectivity index (χ4n) is 1.91. The van der Waals surface area contributed by atoms with Crippen molar-refractivity contribution in [3.05, 3.63) is 73.5 Å². The van der Waals surface area contributed by atoms with Gasteiger partial charge < -0.3 is 10.1 Å². The van der Waals surface area contributed by atoms with E-state index in [1.165, 1.54) is 24.4 Å². The summed E-state index contributed by atoms with van der Waals surface area (Å²) in [6.45, 7) is 5.20. The van der Waals surface area contributed by atoms with Crippen molar-refractivity contribution in [3.8, 4) is 6.07 Å². The van der Waals surface area contributed by atoms with E-state index in [1.807, 2.05) is 0 Å². The van der Waals surface area contributed by atoms with Gasteiger partial charge in [0.1, 0.15) is 17.3 Å². The van der Waals surface area contributed by atoms with Crippen molar-refractivity contribution in [2.24, 2.45) is 0 Å². The van der Waals surface area contributed by atoms with E-state index in [0.29, 0.717) is 11.1 Å². The van der Waals surface area contributed by atoms with Gasteiger partial charge in [0.15, 0.2) is 0 Å². The molecular weight excluding hydrogens is 368 g/mol. The molecule has 0 atom stereocenters. The van der Waals surface area contributed by atoms with Gasteiger partial charge >= 0.3 is 5.97 Å². The Morgan fingerprint density at radius 2 is 1.89 bits per heavy atom. The van der Waals surface area contributed by atoms with E-state index in [2.05, 4.69) is 5.32 Å². The van der Waals surface area contributed by atoms with Crippen LogP contribution in [0.1, 0.15) is 20.8 Å². The summed E-state index contributed by atoms with van der Waals surface area (Å²) < 4.78 is 4.76. The van der Waals surface area contributed by atoms with Crippen LogP contribution in [0.2, 0.25) is 0 Å². The van der Waals surface area contributed by atoms with Gasteiger partial charge in [-0.2, -0.15) is 5.26 Å². The van der Waals surface area contributed by atoms with Crippen LogP contribution in [-0.4, -0.2) is 22.4 Å². The highest BCUT2D eigenvalue weighted by atomic mass is 16.6. The van der Waals surface area contributed by atoms with Crippen molar-refractivity contribution >= 4 is 23.0 Å². The van der Waals surface area contributed by atoms with Crippen LogP contribution >= 0.6 is 0 Å². The maximum absolute atomic E-state index is 11.6. The molecule has 0 aliphatic rings. The lowest BCUT2D eigenvalue weighted by Gasteiger charge is -2.05. The number of hydrogen-bond acceptors (Lipinski definition) is 8. The number of anilines is 1. The van der Waals surface area contributed by atoms with Crippen molar-refractivity contribution in [1.29, 1.82) is 5.26 Å². The summed E-state index contributed by atoms with van der Waals surface area (Å²) in [6.07, 6.45) is 4.33. The van der Waals surface area contributed by atoms with Crippen LogP contribution in [0.5, 0.6) is 0 Å². The molecule has 0 unspecified atom stereocenters. The van der Waals surface area contributed by atoms with Crippen LogP contribution in [0, 0.1) is 31.6 Å². The first-order valence-corrected chi connectivity index (χ1v) is 8.03. The molecular formula is C18H18N4O6. The Labute approximate surface area is 160 Å². The molecule has 0 fully saturated rings.